The third-order valence-corrected chi connectivity index (χ3v) is 3.62. The van der Waals surface area contributed by atoms with Gasteiger partial charge >= 0.3 is 0 Å². The van der Waals surface area contributed by atoms with Crippen molar-refractivity contribution >= 4 is 5.69 Å². The number of nitrogens with one attached hydrogen (secondary N) is 1. The number of benzene rings is 1. The lowest BCUT2D eigenvalue weighted by Gasteiger charge is -2.14. The Morgan fingerprint density at radius 3 is 2.71 bits per heavy atom. The smallest absolute Gasteiger partial charge is 0.142 e. The first-order valence-corrected chi connectivity index (χ1v) is 7.14. The molecule has 4 heteroatoms. The van der Waals surface area contributed by atoms with Gasteiger partial charge in [0.25, 0.3) is 0 Å². The van der Waals surface area contributed by atoms with Crippen molar-refractivity contribution in [1.82, 2.24) is 4.98 Å². The number of pyridine rings is 1. The fourth-order valence-corrected chi connectivity index (χ4v) is 2.22. The molecule has 0 aliphatic rings. The molecule has 1 heterocycles. The number of aromatic nitrogens is 1. The van der Waals surface area contributed by atoms with Crippen LogP contribution in [-0.2, 0) is 13.2 Å². The topological polar surface area (TPSA) is 65.4 Å². The van der Waals surface area contributed by atoms with Crippen LogP contribution in [0.5, 0.6) is 5.75 Å². The van der Waals surface area contributed by atoms with Gasteiger partial charge in [0.1, 0.15) is 5.75 Å². The molecule has 0 atom stereocenters. The van der Waals surface area contributed by atoms with E-state index >= 15 is 0 Å². The number of aromatic hydroxyl groups is 1. The molecule has 0 amide bonds. The van der Waals surface area contributed by atoms with Gasteiger partial charge in [-0.3, -0.25) is 4.98 Å². The number of hydrogen-bond donors (Lipinski definition) is 3. The van der Waals surface area contributed by atoms with Crippen LogP contribution in [0.3, 0.4) is 0 Å². The molecule has 1 aromatic heterocycles. The molecule has 0 radical (unpaired) electrons. The predicted molar refractivity (Wildman–Crippen MR) is 84.4 cm³/mol. The van der Waals surface area contributed by atoms with Gasteiger partial charge in [-0.15, -0.1) is 0 Å². The van der Waals surface area contributed by atoms with Crippen LogP contribution < -0.4 is 5.32 Å². The fourth-order valence-electron chi connectivity index (χ4n) is 2.22. The van der Waals surface area contributed by atoms with Crippen LogP contribution in [0.25, 0.3) is 0 Å². The van der Waals surface area contributed by atoms with Crippen molar-refractivity contribution in [2.75, 3.05) is 5.32 Å². The number of hydrogen-bond acceptors (Lipinski definition) is 4. The van der Waals surface area contributed by atoms with Gasteiger partial charge in [-0.25, -0.2) is 0 Å². The zero-order chi connectivity index (χ0) is 15.4. The average molecular weight is 286 g/mol. The third-order valence-electron chi connectivity index (χ3n) is 3.62. The van der Waals surface area contributed by atoms with Crippen molar-refractivity contribution in [2.45, 2.75) is 39.8 Å². The van der Waals surface area contributed by atoms with E-state index in [9.17, 15) is 10.2 Å². The molecule has 2 rings (SSSR count). The molecule has 21 heavy (non-hydrogen) atoms. The predicted octanol–water partition coefficient (Wildman–Crippen LogP) is 3.32. The van der Waals surface area contributed by atoms with Crippen molar-refractivity contribution in [1.29, 1.82) is 0 Å². The van der Waals surface area contributed by atoms with Gasteiger partial charge in [0.05, 0.1) is 12.3 Å². The van der Waals surface area contributed by atoms with Crippen LogP contribution in [0, 0.1) is 6.92 Å². The minimum Gasteiger partial charge on any atom is -0.506 e. The summed E-state index contributed by atoms with van der Waals surface area (Å²) in [7, 11) is 0. The van der Waals surface area contributed by atoms with Gasteiger partial charge in [0.15, 0.2) is 0 Å². The van der Waals surface area contributed by atoms with Gasteiger partial charge in [-0.1, -0.05) is 26.0 Å². The Bertz CT molecular complexity index is 624. The van der Waals surface area contributed by atoms with E-state index in [0.29, 0.717) is 29.3 Å². The Morgan fingerprint density at radius 2 is 2.05 bits per heavy atom. The first kappa shape index (κ1) is 15.3. The van der Waals surface area contributed by atoms with E-state index in [-0.39, 0.29) is 12.4 Å². The van der Waals surface area contributed by atoms with E-state index in [2.05, 4.69) is 36.3 Å². The van der Waals surface area contributed by atoms with Gasteiger partial charge < -0.3 is 15.5 Å². The SMILES string of the molecule is Cc1ncc(CO)c(CNc2cccc(C(C)C)c2)c1O. The summed E-state index contributed by atoms with van der Waals surface area (Å²) < 4.78 is 0. The molecule has 0 saturated heterocycles. The first-order valence-electron chi connectivity index (χ1n) is 7.14. The van der Waals surface area contributed by atoms with Crippen molar-refractivity contribution < 1.29 is 10.2 Å². The molecular formula is C17H22N2O2. The van der Waals surface area contributed by atoms with Crippen LogP contribution in [0.1, 0.15) is 42.1 Å². The zero-order valence-corrected chi connectivity index (χ0v) is 12.7. The highest BCUT2D eigenvalue weighted by Crippen LogP contribution is 2.25. The minimum absolute atomic E-state index is 0.135. The van der Waals surface area contributed by atoms with Crippen molar-refractivity contribution in [3.05, 3.63) is 52.8 Å². The maximum absolute atomic E-state index is 10.1. The van der Waals surface area contributed by atoms with E-state index in [0.717, 1.165) is 5.69 Å². The Balaban J connectivity index is 2.20. The average Bonchev–Trinajstić information content (AvgIpc) is 2.49. The quantitative estimate of drug-likeness (QED) is 0.789. The molecule has 0 bridgehead atoms. The summed E-state index contributed by atoms with van der Waals surface area (Å²) in [5, 5.41) is 22.8. The van der Waals surface area contributed by atoms with Crippen LogP contribution in [0.15, 0.2) is 30.5 Å². The second-order valence-electron chi connectivity index (χ2n) is 5.49. The molecule has 2 aromatic rings. The van der Waals surface area contributed by atoms with E-state index in [1.54, 1.807) is 13.1 Å². The molecule has 1 aromatic carbocycles. The standard InChI is InChI=1S/C17H22N2O2/c1-11(2)13-5-4-6-15(7-13)19-9-16-14(10-20)8-18-12(3)17(16)21/h4-8,11,19-21H,9-10H2,1-3H3. The molecular weight excluding hydrogens is 264 g/mol. The number of anilines is 1. The summed E-state index contributed by atoms with van der Waals surface area (Å²) in [6.45, 7) is 6.37. The van der Waals surface area contributed by atoms with Crippen molar-refractivity contribution in [3.8, 4) is 5.75 Å². The van der Waals surface area contributed by atoms with Gasteiger partial charge in [0.2, 0.25) is 0 Å². The van der Waals surface area contributed by atoms with E-state index in [1.165, 1.54) is 5.56 Å². The highest BCUT2D eigenvalue weighted by molar-refractivity contribution is 5.49. The van der Waals surface area contributed by atoms with Gasteiger partial charge in [-0.2, -0.15) is 0 Å². The summed E-state index contributed by atoms with van der Waals surface area (Å²) in [5.41, 5.74) is 4.17. The Kier molecular flexibility index (Phi) is 4.81. The van der Waals surface area contributed by atoms with Crippen LogP contribution in [0.4, 0.5) is 5.69 Å². The summed E-state index contributed by atoms with van der Waals surface area (Å²) in [4.78, 5) is 4.06. The molecule has 0 saturated carbocycles. The monoisotopic (exact) mass is 286 g/mol. The maximum Gasteiger partial charge on any atom is 0.142 e. The largest absolute Gasteiger partial charge is 0.506 e. The van der Waals surface area contributed by atoms with E-state index < -0.39 is 0 Å². The Hall–Kier alpha value is -2.07. The molecule has 0 unspecified atom stereocenters. The molecule has 0 aliphatic carbocycles. The minimum atomic E-state index is -0.135. The zero-order valence-electron chi connectivity index (χ0n) is 12.7. The number of aliphatic hydroxyl groups excluding tert-OH is 1. The van der Waals surface area contributed by atoms with Gasteiger partial charge in [0, 0.05) is 29.6 Å². The number of rotatable bonds is 5. The lowest BCUT2D eigenvalue weighted by molar-refractivity contribution is 0.279. The lowest BCUT2D eigenvalue weighted by Crippen LogP contribution is -2.06. The molecule has 0 spiro atoms. The van der Waals surface area contributed by atoms with Gasteiger partial charge in [-0.05, 0) is 30.5 Å². The highest BCUT2D eigenvalue weighted by Gasteiger charge is 2.11. The Morgan fingerprint density at radius 1 is 1.29 bits per heavy atom. The van der Waals surface area contributed by atoms with Crippen LogP contribution >= 0.6 is 0 Å². The molecule has 0 aliphatic heterocycles. The normalized spacial score (nSPS) is 10.9. The molecule has 3 N–H and O–H groups in total. The van der Waals surface area contributed by atoms with Crippen LogP contribution in [0.2, 0.25) is 0 Å². The number of nitrogens with zero attached hydrogens (tertiary/aromatic N) is 1. The van der Waals surface area contributed by atoms with Crippen molar-refractivity contribution in [2.24, 2.45) is 0 Å². The van der Waals surface area contributed by atoms with Crippen molar-refractivity contribution in [3.63, 3.8) is 0 Å². The summed E-state index contributed by atoms with van der Waals surface area (Å²) in [6, 6.07) is 8.22. The third kappa shape index (κ3) is 3.52. The number of aryl methyl sites for hydroxylation is 1. The Labute approximate surface area is 125 Å². The fraction of sp³-hybridized carbons (Fsp3) is 0.353. The second kappa shape index (κ2) is 6.59. The van der Waals surface area contributed by atoms with E-state index in [1.807, 2.05) is 12.1 Å². The maximum atomic E-state index is 10.1. The number of aliphatic hydroxyl groups is 1. The van der Waals surface area contributed by atoms with E-state index in [4.69, 9.17) is 0 Å². The summed E-state index contributed by atoms with van der Waals surface area (Å²) in [5.74, 6) is 0.616. The first-order chi connectivity index (χ1) is 10.0. The second-order valence-corrected chi connectivity index (χ2v) is 5.49. The summed E-state index contributed by atoms with van der Waals surface area (Å²) in [6.07, 6.45) is 1.61. The summed E-state index contributed by atoms with van der Waals surface area (Å²) >= 11 is 0. The highest BCUT2D eigenvalue weighted by atomic mass is 16.3. The molecule has 0 fully saturated rings. The molecule has 112 valence electrons. The van der Waals surface area contributed by atoms with Crippen LogP contribution in [-0.4, -0.2) is 15.2 Å². The molecule has 4 nitrogen and oxygen atoms in total. The lowest BCUT2D eigenvalue weighted by atomic mass is 10.0.